The molecule has 1 fully saturated rings. The number of carboxylic acid groups (broad SMARTS) is 1. The van der Waals surface area contributed by atoms with Gasteiger partial charge in [0.05, 0.1) is 18.8 Å². The number of nitrogens with one attached hydrogen (secondary N) is 1. The summed E-state index contributed by atoms with van der Waals surface area (Å²) in [5, 5.41) is 67.5. The van der Waals surface area contributed by atoms with Crippen LogP contribution in [0.15, 0.2) is 0 Å². The zero-order chi connectivity index (χ0) is 17.1. The first-order valence-corrected chi connectivity index (χ1v) is 6.35. The molecule has 1 amide bonds. The molecule has 0 bridgehead atoms. The van der Waals surface area contributed by atoms with Crippen molar-refractivity contribution in [2.24, 2.45) is 0 Å². The molecule has 0 aromatic rings. The van der Waals surface area contributed by atoms with E-state index in [-0.39, 0.29) is 0 Å². The highest BCUT2D eigenvalue weighted by Crippen LogP contribution is 2.30. The summed E-state index contributed by atoms with van der Waals surface area (Å²) >= 11 is 0. The van der Waals surface area contributed by atoms with Gasteiger partial charge in [-0.3, -0.25) is 4.79 Å². The van der Waals surface area contributed by atoms with E-state index in [1.54, 1.807) is 0 Å². The Balaban J connectivity index is 3.07. The van der Waals surface area contributed by atoms with E-state index in [1.165, 1.54) is 0 Å². The molecule has 1 aliphatic rings. The number of hydrogen-bond acceptors (Lipinski definition) is 9. The number of aliphatic hydroxyl groups is 6. The summed E-state index contributed by atoms with van der Waals surface area (Å²) in [6.07, 6.45) is -7.92. The van der Waals surface area contributed by atoms with E-state index in [0.717, 1.165) is 0 Å². The second-order valence-electron chi connectivity index (χ2n) is 4.94. The number of carbonyl (C=O) groups excluding carboxylic acids is 1. The van der Waals surface area contributed by atoms with Crippen LogP contribution in [0.25, 0.3) is 0 Å². The van der Waals surface area contributed by atoms with E-state index in [2.05, 4.69) is 5.32 Å². The van der Waals surface area contributed by atoms with Crippen LogP contribution in [0, 0.1) is 0 Å². The number of aliphatic hydroxyl groups excluding tert-OH is 5. The third-order valence-corrected chi connectivity index (χ3v) is 3.31. The quantitative estimate of drug-likeness (QED) is 0.234. The summed E-state index contributed by atoms with van der Waals surface area (Å²) < 4.78 is 4.83. The Labute approximate surface area is 124 Å². The zero-order valence-corrected chi connectivity index (χ0v) is 11.4. The van der Waals surface area contributed by atoms with Crippen LogP contribution in [-0.4, -0.2) is 97.1 Å². The predicted octanol–water partition coefficient (Wildman–Crippen LogP) is -4.90. The van der Waals surface area contributed by atoms with Crippen molar-refractivity contribution in [3.05, 3.63) is 0 Å². The van der Waals surface area contributed by atoms with Crippen LogP contribution in [0.3, 0.4) is 0 Å². The Morgan fingerprint density at radius 2 is 1.91 bits per heavy atom. The summed E-state index contributed by atoms with van der Waals surface area (Å²) in [7, 11) is 0. The number of hydrogen-bond donors (Lipinski definition) is 8. The fraction of sp³-hybridized carbons (Fsp3) is 0.818. The molecule has 1 saturated heterocycles. The first kappa shape index (κ1) is 18.7. The van der Waals surface area contributed by atoms with E-state index in [1.807, 2.05) is 0 Å². The molecular formula is C11H19NO10. The van der Waals surface area contributed by atoms with Crippen LogP contribution in [-0.2, 0) is 14.3 Å². The molecule has 1 heterocycles. The molecule has 22 heavy (non-hydrogen) atoms. The second kappa shape index (κ2) is 7.28. The molecule has 0 spiro atoms. The molecular weight excluding hydrogens is 306 g/mol. The lowest BCUT2D eigenvalue weighted by molar-refractivity contribution is -0.295. The Morgan fingerprint density at radius 3 is 2.36 bits per heavy atom. The molecule has 0 aromatic heterocycles. The predicted molar refractivity (Wildman–Crippen MR) is 66.2 cm³/mol. The van der Waals surface area contributed by atoms with E-state index in [4.69, 9.17) is 20.1 Å². The molecule has 0 saturated carbocycles. The van der Waals surface area contributed by atoms with Gasteiger partial charge >= 0.3 is 5.97 Å². The minimum absolute atomic E-state index is 0.822. The lowest BCUT2D eigenvalue weighted by Crippen LogP contribution is -2.67. The summed E-state index contributed by atoms with van der Waals surface area (Å²) in [4.78, 5) is 22.2. The lowest BCUT2D eigenvalue weighted by atomic mass is 9.88. The number of amides is 1. The standard InChI is InChI=1S/C11H19NO10/c13-2-5(16)8(18)9-7(12-6(17)3-14)4(15)1-11(21,22-9)10(19)20/h4-5,7-9,13-16,18,21H,1-3H2,(H,12,17)(H,19,20)/t4-,5?,7-,8?,9?,11+/m1/s1. The van der Waals surface area contributed by atoms with Gasteiger partial charge in [0.15, 0.2) is 0 Å². The molecule has 1 rings (SSSR count). The van der Waals surface area contributed by atoms with Gasteiger partial charge in [0.2, 0.25) is 5.91 Å². The maximum absolute atomic E-state index is 11.2. The Bertz CT molecular complexity index is 418. The summed E-state index contributed by atoms with van der Waals surface area (Å²) in [5.74, 6) is -5.64. The van der Waals surface area contributed by atoms with Crippen LogP contribution in [0.1, 0.15) is 6.42 Å². The Morgan fingerprint density at radius 1 is 1.32 bits per heavy atom. The van der Waals surface area contributed by atoms with Gasteiger partial charge < -0.3 is 45.8 Å². The normalized spacial score (nSPS) is 34.7. The maximum atomic E-state index is 11.2. The molecule has 0 radical (unpaired) electrons. The molecule has 0 aromatic carbocycles. The highest BCUT2D eigenvalue weighted by molar-refractivity contribution is 5.78. The Hall–Kier alpha value is -1.34. The molecule has 11 heteroatoms. The van der Waals surface area contributed by atoms with Crippen molar-refractivity contribution in [3.63, 3.8) is 0 Å². The molecule has 8 N–H and O–H groups in total. The molecule has 6 atom stereocenters. The van der Waals surface area contributed by atoms with Crippen LogP contribution < -0.4 is 5.32 Å². The van der Waals surface area contributed by atoms with Gasteiger partial charge in [-0.25, -0.2) is 4.79 Å². The van der Waals surface area contributed by atoms with E-state index >= 15 is 0 Å². The number of aliphatic carboxylic acids is 1. The van der Waals surface area contributed by atoms with E-state index in [0.29, 0.717) is 0 Å². The fourth-order valence-corrected chi connectivity index (χ4v) is 2.13. The van der Waals surface area contributed by atoms with Crippen LogP contribution in [0.5, 0.6) is 0 Å². The summed E-state index contributed by atoms with van der Waals surface area (Å²) in [5.41, 5.74) is 0. The van der Waals surface area contributed by atoms with E-state index < -0.39 is 67.8 Å². The smallest absolute Gasteiger partial charge is 0.364 e. The summed E-state index contributed by atoms with van der Waals surface area (Å²) in [6, 6.07) is -1.42. The number of carboxylic acids is 1. The minimum atomic E-state index is -2.85. The molecule has 1 aliphatic heterocycles. The average Bonchev–Trinajstić information content (AvgIpc) is 2.47. The van der Waals surface area contributed by atoms with Gasteiger partial charge in [-0.05, 0) is 0 Å². The highest BCUT2D eigenvalue weighted by Gasteiger charge is 2.53. The fourth-order valence-electron chi connectivity index (χ4n) is 2.13. The van der Waals surface area contributed by atoms with E-state index in [9.17, 15) is 30.0 Å². The number of carbonyl (C=O) groups is 2. The number of rotatable bonds is 6. The minimum Gasteiger partial charge on any atom is -0.477 e. The van der Waals surface area contributed by atoms with Crippen molar-refractivity contribution in [3.8, 4) is 0 Å². The molecule has 0 aliphatic carbocycles. The van der Waals surface area contributed by atoms with Gasteiger partial charge in [0, 0.05) is 6.42 Å². The van der Waals surface area contributed by atoms with Crippen LogP contribution in [0.2, 0.25) is 0 Å². The largest absolute Gasteiger partial charge is 0.477 e. The lowest BCUT2D eigenvalue weighted by Gasteiger charge is -2.44. The Kier molecular flexibility index (Phi) is 6.19. The first-order chi connectivity index (χ1) is 10.2. The van der Waals surface area contributed by atoms with Gasteiger partial charge in [0.1, 0.15) is 24.9 Å². The van der Waals surface area contributed by atoms with Crippen molar-refractivity contribution in [2.45, 2.75) is 42.7 Å². The molecule has 11 nitrogen and oxygen atoms in total. The molecule has 128 valence electrons. The second-order valence-corrected chi connectivity index (χ2v) is 4.94. The van der Waals surface area contributed by atoms with Gasteiger partial charge in [-0.15, -0.1) is 0 Å². The van der Waals surface area contributed by atoms with Gasteiger partial charge in [-0.1, -0.05) is 0 Å². The van der Waals surface area contributed by atoms with Crippen molar-refractivity contribution in [1.82, 2.24) is 5.32 Å². The third kappa shape index (κ3) is 3.89. The van der Waals surface area contributed by atoms with Crippen molar-refractivity contribution in [2.75, 3.05) is 13.2 Å². The third-order valence-electron chi connectivity index (χ3n) is 3.31. The SMILES string of the molecule is O=C(CO)N[C@H]1C(C(O)C(O)CO)O[C@](O)(C(=O)O)C[C@H]1O. The van der Waals surface area contributed by atoms with Crippen molar-refractivity contribution >= 4 is 11.9 Å². The number of ether oxygens (including phenoxy) is 1. The van der Waals surface area contributed by atoms with Crippen LogP contribution in [0.4, 0.5) is 0 Å². The van der Waals surface area contributed by atoms with Crippen molar-refractivity contribution in [1.29, 1.82) is 0 Å². The monoisotopic (exact) mass is 325 g/mol. The van der Waals surface area contributed by atoms with Crippen molar-refractivity contribution < 1.29 is 50.1 Å². The first-order valence-electron chi connectivity index (χ1n) is 6.35. The average molecular weight is 325 g/mol. The van der Waals surface area contributed by atoms with Gasteiger partial charge in [-0.2, -0.15) is 0 Å². The summed E-state index contributed by atoms with van der Waals surface area (Å²) in [6.45, 7) is -1.86. The van der Waals surface area contributed by atoms with Gasteiger partial charge in [0.25, 0.3) is 5.79 Å². The highest BCUT2D eigenvalue weighted by atomic mass is 16.7. The van der Waals surface area contributed by atoms with Crippen LogP contribution >= 0.6 is 0 Å². The molecule has 3 unspecified atom stereocenters. The zero-order valence-electron chi connectivity index (χ0n) is 11.4. The maximum Gasteiger partial charge on any atom is 0.364 e. The topological polar surface area (TPSA) is 197 Å².